The van der Waals surface area contributed by atoms with Gasteiger partial charge in [-0.05, 0) is 24.6 Å². The summed E-state index contributed by atoms with van der Waals surface area (Å²) in [4.78, 5) is 34.8. The number of carbonyl (C=O) groups is 2. The van der Waals surface area contributed by atoms with E-state index in [-0.39, 0.29) is 38.8 Å². The van der Waals surface area contributed by atoms with E-state index in [9.17, 15) is 22.8 Å². The van der Waals surface area contributed by atoms with Gasteiger partial charge >= 0.3 is 6.18 Å². The van der Waals surface area contributed by atoms with E-state index in [1.54, 1.807) is 30.3 Å². The molecule has 1 amide bonds. The summed E-state index contributed by atoms with van der Waals surface area (Å²) in [5, 5.41) is 1.69. The predicted octanol–water partition coefficient (Wildman–Crippen LogP) is 5.43. The molecule has 1 spiro atoms. The van der Waals surface area contributed by atoms with Crippen LogP contribution in [-0.4, -0.2) is 21.7 Å². The Balaban J connectivity index is 1.98. The Kier molecular flexibility index (Phi) is 4.96. The molecule has 0 saturated heterocycles. The fraction of sp³-hybridized carbons (Fsp3) is 0.130. The molecule has 6 nitrogen and oxygen atoms in total. The van der Waals surface area contributed by atoms with Crippen molar-refractivity contribution in [1.82, 2.24) is 9.97 Å². The van der Waals surface area contributed by atoms with Crippen molar-refractivity contribution in [1.29, 1.82) is 0 Å². The van der Waals surface area contributed by atoms with Crippen LogP contribution in [0, 0.1) is 0 Å². The first-order valence-corrected chi connectivity index (χ1v) is 10.6. The molecule has 2 aliphatic heterocycles. The van der Waals surface area contributed by atoms with E-state index in [0.29, 0.717) is 5.56 Å². The lowest BCUT2D eigenvalue weighted by Gasteiger charge is -2.36. The van der Waals surface area contributed by atoms with Crippen LogP contribution in [0.4, 0.5) is 18.9 Å². The molecule has 0 fully saturated rings. The Morgan fingerprint density at radius 2 is 1.76 bits per heavy atom. The Bertz CT molecular complexity index is 1420. The van der Waals surface area contributed by atoms with Crippen molar-refractivity contribution < 1.29 is 27.5 Å². The van der Waals surface area contributed by atoms with Gasteiger partial charge in [0.1, 0.15) is 16.3 Å². The largest absolute Gasteiger partial charge is 0.437 e. The van der Waals surface area contributed by atoms with Crippen molar-refractivity contribution in [3.8, 4) is 5.88 Å². The number of rotatable bonds is 2. The van der Waals surface area contributed by atoms with Crippen molar-refractivity contribution in [2.45, 2.75) is 18.5 Å². The van der Waals surface area contributed by atoms with Gasteiger partial charge in [0.25, 0.3) is 0 Å². The van der Waals surface area contributed by atoms with Crippen LogP contribution in [0.2, 0.25) is 10.4 Å². The monoisotopic (exact) mass is 505 g/mol. The molecule has 1 unspecified atom stereocenters. The van der Waals surface area contributed by atoms with E-state index in [4.69, 9.17) is 27.9 Å². The lowest BCUT2D eigenvalue weighted by molar-refractivity contribution is -0.137. The maximum Gasteiger partial charge on any atom is 0.418 e. The van der Waals surface area contributed by atoms with E-state index >= 15 is 0 Å². The van der Waals surface area contributed by atoms with Crippen LogP contribution < -0.4 is 10.1 Å². The van der Waals surface area contributed by atoms with Crippen LogP contribution >= 0.6 is 23.2 Å². The zero-order valence-electron chi connectivity index (χ0n) is 17.1. The minimum absolute atomic E-state index is 0.0492. The Labute approximate surface area is 200 Å². The lowest BCUT2D eigenvalue weighted by Crippen LogP contribution is -2.44. The minimum Gasteiger partial charge on any atom is -0.437 e. The van der Waals surface area contributed by atoms with Gasteiger partial charge in [0, 0.05) is 11.1 Å². The molecule has 2 aromatic carbocycles. The summed E-state index contributed by atoms with van der Waals surface area (Å²) in [7, 11) is 0. The van der Waals surface area contributed by atoms with E-state index in [0.717, 1.165) is 12.1 Å². The number of carbonyl (C=O) groups excluding carboxylic acids is 2. The molecule has 0 radical (unpaired) electrons. The number of fused-ring (bicyclic) bond motifs is 4. The zero-order valence-corrected chi connectivity index (χ0v) is 18.6. The standard InChI is InChI=1S/C23H12Cl2F3N3O3/c1-10(32)14-17(11-6-3-2-4-7-11)34-19-15(18(24)30-21(25)31-19)22(14)12-8-5-9-13(23(26,27)28)16(12)29-20(22)33/h2-9H,1H3,(H,29,33). The molecule has 1 aromatic heterocycles. The SMILES string of the molecule is CC(=O)C1=C(c2ccccc2)Oc2nc(Cl)nc(Cl)c2C12C(=O)Nc1c(C(F)(F)F)cccc12. The maximum absolute atomic E-state index is 13.8. The Hall–Kier alpha value is -3.43. The molecule has 1 N–H and O–H groups in total. The number of ketones is 1. The van der Waals surface area contributed by atoms with Gasteiger partial charge in [-0.15, -0.1) is 0 Å². The molecule has 1 atom stereocenters. The number of benzene rings is 2. The van der Waals surface area contributed by atoms with Gasteiger partial charge in [-0.25, -0.2) is 4.98 Å². The number of alkyl halides is 3. The summed E-state index contributed by atoms with van der Waals surface area (Å²) in [5.74, 6) is -1.83. The minimum atomic E-state index is -4.78. The van der Waals surface area contributed by atoms with Gasteiger partial charge in [0.15, 0.2) is 5.78 Å². The van der Waals surface area contributed by atoms with Crippen molar-refractivity contribution in [2.75, 3.05) is 5.32 Å². The number of nitrogens with one attached hydrogen (secondary N) is 1. The van der Waals surface area contributed by atoms with Crippen LogP contribution in [0.1, 0.15) is 29.2 Å². The topological polar surface area (TPSA) is 81.2 Å². The van der Waals surface area contributed by atoms with E-state index < -0.39 is 34.5 Å². The van der Waals surface area contributed by atoms with Crippen molar-refractivity contribution >= 4 is 46.3 Å². The third-order valence-corrected chi connectivity index (χ3v) is 6.16. The van der Waals surface area contributed by atoms with Crippen LogP contribution in [0.3, 0.4) is 0 Å². The van der Waals surface area contributed by atoms with Gasteiger partial charge in [-0.1, -0.05) is 54.1 Å². The van der Waals surface area contributed by atoms with Crippen LogP contribution in [0.15, 0.2) is 54.1 Å². The number of ether oxygens (including phenoxy) is 1. The molecule has 172 valence electrons. The molecule has 2 aliphatic rings. The number of anilines is 1. The predicted molar refractivity (Wildman–Crippen MR) is 118 cm³/mol. The molecule has 5 rings (SSSR count). The third-order valence-electron chi connectivity index (χ3n) is 5.72. The molecule has 3 aromatic rings. The van der Waals surface area contributed by atoms with Crippen LogP contribution in [0.25, 0.3) is 5.76 Å². The van der Waals surface area contributed by atoms with Gasteiger partial charge in [0.2, 0.25) is 17.1 Å². The highest BCUT2D eigenvalue weighted by molar-refractivity contribution is 6.34. The quantitative estimate of drug-likeness (QED) is 0.370. The van der Waals surface area contributed by atoms with E-state index in [1.807, 2.05) is 0 Å². The summed E-state index contributed by atoms with van der Waals surface area (Å²) < 4.78 is 47.4. The molecule has 0 bridgehead atoms. The molecular formula is C23H12Cl2F3N3O3. The van der Waals surface area contributed by atoms with Crippen LogP contribution in [0.5, 0.6) is 5.88 Å². The first-order chi connectivity index (χ1) is 16.1. The molecular weight excluding hydrogens is 494 g/mol. The highest BCUT2D eigenvalue weighted by Crippen LogP contribution is 2.58. The van der Waals surface area contributed by atoms with Gasteiger partial charge in [-0.2, -0.15) is 18.2 Å². The first-order valence-electron chi connectivity index (χ1n) is 9.81. The first kappa shape index (κ1) is 22.4. The molecule has 0 saturated carbocycles. The molecule has 34 heavy (non-hydrogen) atoms. The number of nitrogens with zero attached hydrogens (tertiary/aromatic N) is 2. The summed E-state index contributed by atoms with van der Waals surface area (Å²) in [5.41, 5.74) is -3.75. The molecule has 3 heterocycles. The van der Waals surface area contributed by atoms with Crippen molar-refractivity contribution in [2.24, 2.45) is 0 Å². The second-order valence-electron chi connectivity index (χ2n) is 7.62. The fourth-order valence-corrected chi connectivity index (χ4v) is 5.01. The number of aromatic nitrogens is 2. The highest BCUT2D eigenvalue weighted by atomic mass is 35.5. The van der Waals surface area contributed by atoms with Crippen molar-refractivity contribution in [3.05, 3.63) is 86.8 Å². The third kappa shape index (κ3) is 3.04. The van der Waals surface area contributed by atoms with Gasteiger partial charge in [-0.3, -0.25) is 9.59 Å². The number of hydrogen-bond donors (Lipinski definition) is 1. The number of hydrogen-bond acceptors (Lipinski definition) is 5. The molecule has 0 aliphatic carbocycles. The van der Waals surface area contributed by atoms with Crippen molar-refractivity contribution in [3.63, 3.8) is 0 Å². The number of halogens is 5. The summed E-state index contributed by atoms with van der Waals surface area (Å²) in [6.07, 6.45) is -4.78. The van der Waals surface area contributed by atoms with Gasteiger partial charge in [0.05, 0.1) is 22.4 Å². The smallest absolute Gasteiger partial charge is 0.418 e. The number of para-hydroxylation sites is 1. The average Bonchev–Trinajstić information content (AvgIpc) is 3.04. The highest BCUT2D eigenvalue weighted by Gasteiger charge is 2.60. The van der Waals surface area contributed by atoms with Gasteiger partial charge < -0.3 is 10.1 Å². The summed E-state index contributed by atoms with van der Waals surface area (Å²) in [6.45, 7) is 1.19. The Morgan fingerprint density at radius 1 is 1.06 bits per heavy atom. The maximum atomic E-state index is 13.8. The fourth-order valence-electron chi connectivity index (χ4n) is 4.50. The number of Topliss-reactive ketones (excluding diaryl/α,β-unsaturated/α-hetero) is 1. The summed E-state index contributed by atoms with van der Waals surface area (Å²) >= 11 is 12.4. The Morgan fingerprint density at radius 3 is 2.41 bits per heavy atom. The van der Waals surface area contributed by atoms with Crippen LogP contribution in [-0.2, 0) is 21.2 Å². The molecule has 11 heteroatoms. The van der Waals surface area contributed by atoms with E-state index in [2.05, 4.69) is 15.3 Å². The normalized spacial score (nSPS) is 18.9. The summed E-state index contributed by atoms with van der Waals surface area (Å²) in [6, 6.07) is 11.7. The average molecular weight is 506 g/mol. The van der Waals surface area contributed by atoms with E-state index in [1.165, 1.54) is 13.0 Å². The second kappa shape index (κ2) is 7.54. The number of amides is 1. The zero-order chi connectivity index (χ0) is 24.4. The lowest BCUT2D eigenvalue weighted by atomic mass is 9.67. The second-order valence-corrected chi connectivity index (χ2v) is 8.32.